The van der Waals surface area contributed by atoms with E-state index in [2.05, 4.69) is 10.6 Å². The highest BCUT2D eigenvalue weighted by atomic mass is 35.5. The van der Waals surface area contributed by atoms with E-state index < -0.39 is 0 Å². The van der Waals surface area contributed by atoms with E-state index >= 15 is 0 Å². The Balaban J connectivity index is 0.00000312. The van der Waals surface area contributed by atoms with Crippen molar-refractivity contribution >= 4 is 29.9 Å². The quantitative estimate of drug-likeness (QED) is 0.708. The molecule has 0 radical (unpaired) electrons. The van der Waals surface area contributed by atoms with Crippen molar-refractivity contribution in [3.05, 3.63) is 65.2 Å². The lowest BCUT2D eigenvalue weighted by molar-refractivity contribution is -0.116. The topological polar surface area (TPSA) is 84.2 Å². The molecule has 0 aliphatic carbocycles. The molecule has 25 heavy (non-hydrogen) atoms. The summed E-state index contributed by atoms with van der Waals surface area (Å²) in [6.45, 7) is 2.80. The zero-order valence-electron chi connectivity index (χ0n) is 14.2. The number of hydrogen-bond donors (Lipinski definition) is 3. The Labute approximate surface area is 154 Å². The number of amides is 2. The van der Waals surface area contributed by atoms with Crippen LogP contribution in [0.1, 0.15) is 27.9 Å². The van der Waals surface area contributed by atoms with Gasteiger partial charge in [-0.15, -0.1) is 12.4 Å². The number of halogens is 1. The Bertz CT molecular complexity index is 719. The summed E-state index contributed by atoms with van der Waals surface area (Å²) in [7, 11) is 0. The average Bonchev–Trinajstić information content (AvgIpc) is 2.59. The molecule has 0 fully saturated rings. The molecular formula is C19H24ClN3O2. The summed E-state index contributed by atoms with van der Waals surface area (Å²) in [5.74, 6) is -0.354. The van der Waals surface area contributed by atoms with E-state index in [9.17, 15) is 9.59 Å². The molecule has 134 valence electrons. The summed E-state index contributed by atoms with van der Waals surface area (Å²) in [5.41, 5.74) is 8.68. The molecule has 5 nitrogen and oxygen atoms in total. The van der Waals surface area contributed by atoms with Crippen LogP contribution in [0.2, 0.25) is 0 Å². The third-order valence-electron chi connectivity index (χ3n) is 3.76. The van der Waals surface area contributed by atoms with E-state index in [0.29, 0.717) is 37.2 Å². The summed E-state index contributed by atoms with van der Waals surface area (Å²) in [5, 5.41) is 5.54. The second-order valence-corrected chi connectivity index (χ2v) is 5.56. The highest BCUT2D eigenvalue weighted by molar-refractivity contribution is 6.03. The van der Waals surface area contributed by atoms with Crippen LogP contribution in [0.4, 0.5) is 5.69 Å². The number of rotatable bonds is 7. The molecule has 0 aromatic heterocycles. The average molecular weight is 362 g/mol. The van der Waals surface area contributed by atoms with Crippen molar-refractivity contribution in [1.82, 2.24) is 5.32 Å². The van der Waals surface area contributed by atoms with E-state index in [1.807, 2.05) is 31.2 Å². The minimum atomic E-state index is -0.241. The van der Waals surface area contributed by atoms with Gasteiger partial charge in [0.05, 0.1) is 11.3 Å². The molecule has 0 saturated carbocycles. The molecule has 2 amide bonds. The summed E-state index contributed by atoms with van der Waals surface area (Å²) in [6, 6.07) is 15.0. The third-order valence-corrected chi connectivity index (χ3v) is 3.76. The molecule has 2 aromatic rings. The fourth-order valence-corrected chi connectivity index (χ4v) is 2.42. The van der Waals surface area contributed by atoms with E-state index in [4.69, 9.17) is 5.73 Å². The Morgan fingerprint density at radius 3 is 2.44 bits per heavy atom. The lowest BCUT2D eigenvalue weighted by Gasteiger charge is -2.11. The van der Waals surface area contributed by atoms with Gasteiger partial charge in [0.25, 0.3) is 5.91 Å². The first-order chi connectivity index (χ1) is 11.6. The number of hydrogen-bond acceptors (Lipinski definition) is 3. The van der Waals surface area contributed by atoms with Crippen molar-refractivity contribution in [3.8, 4) is 0 Å². The number of anilines is 1. The van der Waals surface area contributed by atoms with E-state index in [-0.39, 0.29) is 24.2 Å². The van der Waals surface area contributed by atoms with E-state index in [0.717, 1.165) is 5.56 Å². The van der Waals surface area contributed by atoms with Crippen molar-refractivity contribution in [2.75, 3.05) is 18.4 Å². The van der Waals surface area contributed by atoms with Crippen molar-refractivity contribution in [2.45, 2.75) is 19.8 Å². The predicted octanol–water partition coefficient (Wildman–Crippen LogP) is 2.68. The minimum Gasteiger partial charge on any atom is -0.351 e. The van der Waals surface area contributed by atoms with Crippen LogP contribution in [-0.2, 0) is 11.2 Å². The normalized spacial score (nSPS) is 9.84. The molecule has 0 saturated heterocycles. The Morgan fingerprint density at radius 1 is 1.04 bits per heavy atom. The van der Waals surface area contributed by atoms with Gasteiger partial charge in [0.2, 0.25) is 5.91 Å². The maximum Gasteiger partial charge on any atom is 0.253 e. The van der Waals surface area contributed by atoms with Crippen molar-refractivity contribution in [2.24, 2.45) is 5.73 Å². The van der Waals surface area contributed by atoms with Gasteiger partial charge in [-0.2, -0.15) is 0 Å². The number of para-hydroxylation sites is 1. The van der Waals surface area contributed by atoms with Crippen molar-refractivity contribution < 1.29 is 9.59 Å². The van der Waals surface area contributed by atoms with Gasteiger partial charge in [-0.05, 0) is 36.6 Å². The molecule has 0 heterocycles. The zero-order chi connectivity index (χ0) is 17.4. The Kier molecular flexibility index (Phi) is 8.67. The zero-order valence-corrected chi connectivity index (χ0v) is 15.1. The molecule has 2 rings (SSSR count). The highest BCUT2D eigenvalue weighted by Gasteiger charge is 2.12. The smallest absolute Gasteiger partial charge is 0.253 e. The molecular weight excluding hydrogens is 338 g/mol. The monoisotopic (exact) mass is 361 g/mol. The minimum absolute atomic E-state index is 0. The highest BCUT2D eigenvalue weighted by Crippen LogP contribution is 2.16. The molecule has 6 heteroatoms. The molecule has 0 spiro atoms. The van der Waals surface area contributed by atoms with Gasteiger partial charge in [0.1, 0.15) is 0 Å². The summed E-state index contributed by atoms with van der Waals surface area (Å²) in [4.78, 5) is 24.3. The fourth-order valence-electron chi connectivity index (χ4n) is 2.42. The predicted molar refractivity (Wildman–Crippen MR) is 103 cm³/mol. The molecule has 0 aliphatic rings. The van der Waals surface area contributed by atoms with Crippen LogP contribution in [0, 0.1) is 6.92 Å². The van der Waals surface area contributed by atoms with E-state index in [1.165, 1.54) is 5.56 Å². The van der Waals surface area contributed by atoms with Crippen LogP contribution >= 0.6 is 12.4 Å². The van der Waals surface area contributed by atoms with Crippen LogP contribution in [0.25, 0.3) is 0 Å². The first-order valence-corrected chi connectivity index (χ1v) is 8.03. The molecule has 0 aliphatic heterocycles. The lowest BCUT2D eigenvalue weighted by atomic mass is 10.0. The van der Waals surface area contributed by atoms with Gasteiger partial charge >= 0.3 is 0 Å². The summed E-state index contributed by atoms with van der Waals surface area (Å²) in [6.07, 6.45) is 1.03. The fraction of sp³-hybridized carbons (Fsp3) is 0.263. The summed E-state index contributed by atoms with van der Waals surface area (Å²) < 4.78 is 0. The number of nitrogens with one attached hydrogen (secondary N) is 2. The van der Waals surface area contributed by atoms with Crippen molar-refractivity contribution in [1.29, 1.82) is 0 Å². The standard InChI is InChI=1S/C19H23N3O2.ClH/c1-14-6-2-3-7-15(14)10-11-18(23)22-17-9-5-4-8-16(17)19(24)21-13-12-20;/h2-9H,10-13,20H2,1H3,(H,21,24)(H,22,23);1H. The van der Waals surface area contributed by atoms with E-state index in [1.54, 1.807) is 24.3 Å². The second kappa shape index (κ2) is 10.5. The number of aryl methyl sites for hydroxylation is 2. The molecule has 0 bridgehead atoms. The first kappa shape index (κ1) is 20.7. The van der Waals surface area contributed by atoms with Crippen LogP contribution < -0.4 is 16.4 Å². The number of benzene rings is 2. The van der Waals surface area contributed by atoms with Gasteiger partial charge in [0.15, 0.2) is 0 Å². The Hall–Kier alpha value is -2.37. The Morgan fingerprint density at radius 2 is 1.72 bits per heavy atom. The van der Waals surface area contributed by atoms with Gasteiger partial charge in [-0.25, -0.2) is 0 Å². The van der Waals surface area contributed by atoms with Crippen molar-refractivity contribution in [3.63, 3.8) is 0 Å². The molecule has 0 unspecified atom stereocenters. The van der Waals surface area contributed by atoms with Crippen LogP contribution in [-0.4, -0.2) is 24.9 Å². The second-order valence-electron chi connectivity index (χ2n) is 5.56. The SMILES string of the molecule is Cc1ccccc1CCC(=O)Nc1ccccc1C(=O)NCCN.Cl. The van der Waals surface area contributed by atoms with Crippen LogP contribution in [0.5, 0.6) is 0 Å². The number of carbonyl (C=O) groups is 2. The maximum atomic E-state index is 12.2. The van der Waals surface area contributed by atoms with Gasteiger partial charge < -0.3 is 16.4 Å². The molecule has 0 atom stereocenters. The lowest BCUT2D eigenvalue weighted by Crippen LogP contribution is -2.30. The number of nitrogens with two attached hydrogens (primary N) is 1. The summed E-state index contributed by atoms with van der Waals surface area (Å²) >= 11 is 0. The van der Waals surface area contributed by atoms with Gasteiger partial charge in [-0.1, -0.05) is 36.4 Å². The first-order valence-electron chi connectivity index (χ1n) is 8.03. The molecule has 4 N–H and O–H groups in total. The van der Waals surface area contributed by atoms with Gasteiger partial charge in [0, 0.05) is 19.5 Å². The molecule has 2 aromatic carbocycles. The number of carbonyl (C=O) groups excluding carboxylic acids is 2. The maximum absolute atomic E-state index is 12.2. The largest absolute Gasteiger partial charge is 0.351 e. The van der Waals surface area contributed by atoms with Crippen LogP contribution in [0.3, 0.4) is 0 Å². The third kappa shape index (κ3) is 6.21. The van der Waals surface area contributed by atoms with Gasteiger partial charge in [-0.3, -0.25) is 9.59 Å². The van der Waals surface area contributed by atoms with Crippen LogP contribution in [0.15, 0.2) is 48.5 Å².